The second-order valence-corrected chi connectivity index (χ2v) is 4.30. The molecule has 0 aliphatic carbocycles. The Morgan fingerprint density at radius 3 is 2.69 bits per heavy atom. The van der Waals surface area contributed by atoms with Crippen molar-refractivity contribution in [3.05, 3.63) is 12.3 Å². The number of nitrogens with one attached hydrogen (secondary N) is 1. The average molecular weight is 222 g/mol. The smallest absolute Gasteiger partial charge is 0.219 e. The number of aryl methyl sites for hydroxylation is 1. The maximum atomic E-state index is 11.2. The second kappa shape index (κ2) is 4.55. The van der Waals surface area contributed by atoms with Crippen molar-refractivity contribution in [3.63, 3.8) is 0 Å². The van der Waals surface area contributed by atoms with E-state index in [0.717, 1.165) is 31.7 Å². The molecule has 0 unspecified atom stereocenters. The lowest BCUT2D eigenvalue weighted by molar-refractivity contribution is -0.129. The van der Waals surface area contributed by atoms with Crippen LogP contribution in [0.25, 0.3) is 0 Å². The second-order valence-electron chi connectivity index (χ2n) is 4.30. The zero-order valence-electron chi connectivity index (χ0n) is 9.81. The molecule has 88 valence electrons. The van der Waals surface area contributed by atoms with Crippen molar-refractivity contribution in [3.8, 4) is 0 Å². The van der Waals surface area contributed by atoms with Crippen molar-refractivity contribution in [1.82, 2.24) is 14.7 Å². The van der Waals surface area contributed by atoms with Crippen molar-refractivity contribution in [2.75, 3.05) is 18.4 Å². The highest BCUT2D eigenvalue weighted by Crippen LogP contribution is 2.14. The van der Waals surface area contributed by atoms with Crippen LogP contribution in [0.2, 0.25) is 0 Å². The maximum Gasteiger partial charge on any atom is 0.219 e. The van der Waals surface area contributed by atoms with Gasteiger partial charge in [-0.1, -0.05) is 0 Å². The SMILES string of the molecule is CC(=O)N1CCC(Nc2ccn(C)n2)CC1. The van der Waals surface area contributed by atoms with E-state index in [0.29, 0.717) is 6.04 Å². The van der Waals surface area contributed by atoms with E-state index < -0.39 is 0 Å². The molecule has 0 spiro atoms. The van der Waals surface area contributed by atoms with Crippen LogP contribution < -0.4 is 5.32 Å². The minimum absolute atomic E-state index is 0.177. The van der Waals surface area contributed by atoms with E-state index in [2.05, 4.69) is 10.4 Å². The summed E-state index contributed by atoms with van der Waals surface area (Å²) in [4.78, 5) is 13.1. The van der Waals surface area contributed by atoms with Crippen molar-refractivity contribution < 1.29 is 4.79 Å². The van der Waals surface area contributed by atoms with Gasteiger partial charge in [-0.05, 0) is 12.8 Å². The summed E-state index contributed by atoms with van der Waals surface area (Å²) in [5.74, 6) is 1.10. The highest BCUT2D eigenvalue weighted by molar-refractivity contribution is 5.73. The van der Waals surface area contributed by atoms with Crippen LogP contribution in [0.3, 0.4) is 0 Å². The summed E-state index contributed by atoms with van der Waals surface area (Å²) in [5, 5.41) is 7.68. The molecular weight excluding hydrogens is 204 g/mol. The lowest BCUT2D eigenvalue weighted by Gasteiger charge is -2.31. The Hall–Kier alpha value is -1.52. The molecule has 0 aromatic carbocycles. The van der Waals surface area contributed by atoms with Gasteiger partial charge in [0.15, 0.2) is 0 Å². The molecular formula is C11H18N4O. The number of carbonyl (C=O) groups is 1. The predicted molar refractivity (Wildman–Crippen MR) is 62.1 cm³/mol. The van der Waals surface area contributed by atoms with Gasteiger partial charge in [-0.15, -0.1) is 0 Å². The molecule has 1 aromatic heterocycles. The Bertz CT molecular complexity index is 366. The Morgan fingerprint density at radius 1 is 1.50 bits per heavy atom. The quantitative estimate of drug-likeness (QED) is 0.807. The molecule has 1 amide bonds. The zero-order chi connectivity index (χ0) is 11.5. The van der Waals surface area contributed by atoms with Gasteiger partial charge in [0, 0.05) is 45.4 Å². The minimum Gasteiger partial charge on any atom is -0.366 e. The molecule has 0 saturated carbocycles. The van der Waals surface area contributed by atoms with Gasteiger partial charge in [0.2, 0.25) is 5.91 Å². The predicted octanol–water partition coefficient (Wildman–Crippen LogP) is 0.843. The summed E-state index contributed by atoms with van der Waals surface area (Å²) < 4.78 is 1.78. The first-order chi connectivity index (χ1) is 7.65. The van der Waals surface area contributed by atoms with Crippen LogP contribution in [0, 0.1) is 0 Å². The summed E-state index contributed by atoms with van der Waals surface area (Å²) in [7, 11) is 1.91. The van der Waals surface area contributed by atoms with Crippen molar-refractivity contribution in [2.45, 2.75) is 25.8 Å². The first-order valence-electron chi connectivity index (χ1n) is 5.67. The minimum atomic E-state index is 0.177. The van der Waals surface area contributed by atoms with Crippen LogP contribution in [0.1, 0.15) is 19.8 Å². The molecule has 2 rings (SSSR count). The number of rotatable bonds is 2. The van der Waals surface area contributed by atoms with Crippen LogP contribution in [0.5, 0.6) is 0 Å². The summed E-state index contributed by atoms with van der Waals surface area (Å²) >= 11 is 0. The Balaban J connectivity index is 1.83. The van der Waals surface area contributed by atoms with E-state index in [4.69, 9.17) is 0 Å². The van der Waals surface area contributed by atoms with Gasteiger partial charge in [0.05, 0.1) is 0 Å². The molecule has 1 N–H and O–H groups in total. The summed E-state index contributed by atoms with van der Waals surface area (Å²) in [6.07, 6.45) is 3.92. The van der Waals surface area contributed by atoms with Gasteiger partial charge >= 0.3 is 0 Å². The van der Waals surface area contributed by atoms with Gasteiger partial charge in [0.25, 0.3) is 0 Å². The van der Waals surface area contributed by atoms with Crippen molar-refractivity contribution in [1.29, 1.82) is 0 Å². The molecule has 1 fully saturated rings. The van der Waals surface area contributed by atoms with Gasteiger partial charge in [0.1, 0.15) is 5.82 Å². The molecule has 5 heteroatoms. The normalized spacial score (nSPS) is 17.5. The molecule has 2 heterocycles. The number of carbonyl (C=O) groups excluding carboxylic acids is 1. The monoisotopic (exact) mass is 222 g/mol. The molecule has 0 radical (unpaired) electrons. The standard InChI is InChI=1S/C11H18N4O/c1-9(16)15-7-3-10(4-8-15)12-11-5-6-14(2)13-11/h5-6,10H,3-4,7-8H2,1-2H3,(H,12,13). The van der Waals surface area contributed by atoms with Crippen LogP contribution in [-0.4, -0.2) is 39.7 Å². The highest BCUT2D eigenvalue weighted by Gasteiger charge is 2.20. The highest BCUT2D eigenvalue weighted by atomic mass is 16.2. The Labute approximate surface area is 95.4 Å². The number of piperidine rings is 1. The van der Waals surface area contributed by atoms with Crippen LogP contribution >= 0.6 is 0 Å². The number of amides is 1. The number of hydrogen-bond donors (Lipinski definition) is 1. The summed E-state index contributed by atoms with van der Waals surface area (Å²) in [6.45, 7) is 3.33. The van der Waals surface area contributed by atoms with Gasteiger partial charge in [-0.25, -0.2) is 0 Å². The van der Waals surface area contributed by atoms with Gasteiger partial charge in [-0.3, -0.25) is 9.48 Å². The molecule has 16 heavy (non-hydrogen) atoms. The van der Waals surface area contributed by atoms with Crippen molar-refractivity contribution >= 4 is 11.7 Å². The van der Waals surface area contributed by atoms with E-state index in [1.165, 1.54) is 0 Å². The molecule has 1 aliphatic heterocycles. The molecule has 5 nitrogen and oxygen atoms in total. The fourth-order valence-corrected chi connectivity index (χ4v) is 2.04. The topological polar surface area (TPSA) is 50.2 Å². The third-order valence-corrected chi connectivity index (χ3v) is 3.01. The number of likely N-dealkylation sites (tertiary alicyclic amines) is 1. The lowest BCUT2D eigenvalue weighted by atomic mass is 10.1. The van der Waals surface area contributed by atoms with Gasteiger partial charge in [-0.2, -0.15) is 5.10 Å². The van der Waals surface area contributed by atoms with Gasteiger partial charge < -0.3 is 10.2 Å². The van der Waals surface area contributed by atoms with E-state index >= 15 is 0 Å². The van der Waals surface area contributed by atoms with Crippen LogP contribution in [-0.2, 0) is 11.8 Å². The number of aromatic nitrogens is 2. The lowest BCUT2D eigenvalue weighted by Crippen LogP contribution is -2.41. The molecule has 0 atom stereocenters. The fourth-order valence-electron chi connectivity index (χ4n) is 2.04. The van der Waals surface area contributed by atoms with E-state index in [9.17, 15) is 4.79 Å². The molecule has 0 bridgehead atoms. The molecule has 1 aliphatic rings. The van der Waals surface area contributed by atoms with Crippen molar-refractivity contribution in [2.24, 2.45) is 7.05 Å². The average Bonchev–Trinajstić information content (AvgIpc) is 2.65. The largest absolute Gasteiger partial charge is 0.366 e. The van der Waals surface area contributed by atoms with E-state index in [-0.39, 0.29) is 5.91 Å². The molecule has 1 saturated heterocycles. The number of hydrogen-bond acceptors (Lipinski definition) is 3. The third-order valence-electron chi connectivity index (χ3n) is 3.01. The Morgan fingerprint density at radius 2 is 2.19 bits per heavy atom. The van der Waals surface area contributed by atoms with Crippen LogP contribution in [0.15, 0.2) is 12.3 Å². The Kier molecular flexibility index (Phi) is 3.12. The third kappa shape index (κ3) is 2.53. The van der Waals surface area contributed by atoms with E-state index in [1.54, 1.807) is 11.6 Å². The number of anilines is 1. The zero-order valence-corrected chi connectivity index (χ0v) is 9.81. The molecule has 1 aromatic rings. The van der Waals surface area contributed by atoms with Crippen LogP contribution in [0.4, 0.5) is 5.82 Å². The first-order valence-corrected chi connectivity index (χ1v) is 5.67. The fraction of sp³-hybridized carbons (Fsp3) is 0.636. The van der Waals surface area contributed by atoms with E-state index in [1.807, 2.05) is 24.2 Å². The summed E-state index contributed by atoms with van der Waals surface area (Å²) in [5.41, 5.74) is 0. The maximum absolute atomic E-state index is 11.2. The first kappa shape index (κ1) is 11.0. The number of nitrogens with zero attached hydrogens (tertiary/aromatic N) is 3. The summed E-state index contributed by atoms with van der Waals surface area (Å²) in [6, 6.07) is 2.41.